The Morgan fingerprint density at radius 1 is 1.33 bits per heavy atom. The van der Waals surface area contributed by atoms with Crippen LogP contribution in [0.15, 0.2) is 12.4 Å². The number of ether oxygens (including phenoxy) is 1. The maximum absolute atomic E-state index is 9.25. The quantitative estimate of drug-likeness (QED) is 0.764. The first-order chi connectivity index (χ1) is 11.4. The number of hydrogen-bond acceptors (Lipinski definition) is 6. The van der Waals surface area contributed by atoms with Crippen molar-refractivity contribution in [3.8, 4) is 11.9 Å². The molecule has 8 nitrogen and oxygen atoms in total. The van der Waals surface area contributed by atoms with E-state index in [0.717, 1.165) is 22.3 Å². The van der Waals surface area contributed by atoms with Crippen molar-refractivity contribution in [2.75, 3.05) is 12.4 Å². The monoisotopic (exact) mass is 325 g/mol. The Labute approximate surface area is 139 Å². The predicted octanol–water partition coefficient (Wildman–Crippen LogP) is 2.78. The number of fused-ring (bicyclic) bond motifs is 1. The van der Waals surface area contributed by atoms with Gasteiger partial charge in [-0.05, 0) is 33.3 Å². The number of hydrogen-bond donors (Lipinski definition) is 2. The number of nitriles is 1. The lowest BCUT2D eigenvalue weighted by molar-refractivity contribution is 0.403. The fraction of sp³-hybridized carbons (Fsp3) is 0.375. The van der Waals surface area contributed by atoms with Crippen molar-refractivity contribution >= 4 is 22.7 Å². The molecular formula is C16H19N7O. The summed E-state index contributed by atoms with van der Waals surface area (Å²) in [5, 5.41) is 17.7. The van der Waals surface area contributed by atoms with Gasteiger partial charge in [0.2, 0.25) is 11.8 Å². The van der Waals surface area contributed by atoms with Gasteiger partial charge in [-0.25, -0.2) is 0 Å². The van der Waals surface area contributed by atoms with Crippen molar-refractivity contribution in [3.05, 3.63) is 23.7 Å². The summed E-state index contributed by atoms with van der Waals surface area (Å²) in [4.78, 5) is 12.0. The first-order valence-corrected chi connectivity index (χ1v) is 7.50. The van der Waals surface area contributed by atoms with Crippen LogP contribution in [0.4, 0.5) is 11.6 Å². The summed E-state index contributed by atoms with van der Waals surface area (Å²) in [5.74, 6) is 0.905. The van der Waals surface area contributed by atoms with Crippen LogP contribution in [0.25, 0.3) is 11.0 Å². The maximum Gasteiger partial charge on any atom is 0.232 e. The molecule has 124 valence electrons. The first-order valence-electron chi connectivity index (χ1n) is 7.50. The second-order valence-corrected chi connectivity index (χ2v) is 6.12. The van der Waals surface area contributed by atoms with Gasteiger partial charge in [-0.15, -0.1) is 0 Å². The zero-order chi connectivity index (χ0) is 17.5. The van der Waals surface area contributed by atoms with E-state index in [1.807, 2.05) is 20.0 Å². The van der Waals surface area contributed by atoms with Gasteiger partial charge in [0.15, 0.2) is 0 Å². The van der Waals surface area contributed by atoms with E-state index in [0.29, 0.717) is 17.5 Å². The molecule has 3 rings (SSSR count). The molecule has 0 fully saturated rings. The Morgan fingerprint density at radius 3 is 2.75 bits per heavy atom. The van der Waals surface area contributed by atoms with E-state index in [9.17, 15) is 5.26 Å². The Morgan fingerprint density at radius 2 is 2.08 bits per heavy atom. The van der Waals surface area contributed by atoms with Gasteiger partial charge in [0, 0.05) is 6.20 Å². The molecule has 3 aromatic rings. The molecule has 0 saturated carbocycles. The van der Waals surface area contributed by atoms with E-state index in [4.69, 9.17) is 4.74 Å². The molecule has 2 N–H and O–H groups in total. The van der Waals surface area contributed by atoms with E-state index in [-0.39, 0.29) is 0 Å². The molecule has 0 atom stereocenters. The van der Waals surface area contributed by atoms with E-state index in [1.165, 1.54) is 0 Å². The van der Waals surface area contributed by atoms with Crippen molar-refractivity contribution in [2.24, 2.45) is 0 Å². The van der Waals surface area contributed by atoms with Crippen LogP contribution in [-0.2, 0) is 5.54 Å². The summed E-state index contributed by atoms with van der Waals surface area (Å²) in [5.41, 5.74) is 2.48. The highest BCUT2D eigenvalue weighted by atomic mass is 16.5. The first kappa shape index (κ1) is 15.8. The number of aromatic amines is 1. The highest BCUT2D eigenvalue weighted by Gasteiger charge is 2.22. The summed E-state index contributed by atoms with van der Waals surface area (Å²) < 4.78 is 7.00. The van der Waals surface area contributed by atoms with Crippen molar-refractivity contribution in [2.45, 2.75) is 33.2 Å². The number of nitrogens with zero attached hydrogens (tertiary/aromatic N) is 5. The average Bonchev–Trinajstić information content (AvgIpc) is 3.11. The summed E-state index contributed by atoms with van der Waals surface area (Å²) >= 11 is 0. The van der Waals surface area contributed by atoms with E-state index in [1.54, 1.807) is 31.8 Å². The number of anilines is 2. The number of H-pyrrole nitrogens is 1. The molecular weight excluding hydrogens is 306 g/mol. The normalized spacial score (nSPS) is 11.5. The fourth-order valence-corrected chi connectivity index (χ4v) is 2.39. The Bertz CT molecular complexity index is 945. The molecule has 0 aliphatic carbocycles. The van der Waals surface area contributed by atoms with Gasteiger partial charge < -0.3 is 15.0 Å². The molecule has 24 heavy (non-hydrogen) atoms. The molecule has 3 heterocycles. The highest BCUT2D eigenvalue weighted by molar-refractivity contribution is 5.85. The molecule has 0 spiro atoms. The molecule has 0 amide bonds. The van der Waals surface area contributed by atoms with Gasteiger partial charge in [0.1, 0.15) is 11.2 Å². The van der Waals surface area contributed by atoms with Gasteiger partial charge in [-0.2, -0.15) is 20.3 Å². The number of aryl methyl sites for hydroxylation is 2. The minimum absolute atomic E-state index is 0.401. The second kappa shape index (κ2) is 5.53. The average molecular weight is 325 g/mol. The van der Waals surface area contributed by atoms with E-state index in [2.05, 4.69) is 31.4 Å². The number of aromatic nitrogens is 5. The third kappa shape index (κ3) is 2.54. The standard InChI is InChI=1S/C16H19N7O/c1-9-6-18-13-12(9)14(24-5)21-15(20-13)19-11-7-23(22-10(11)2)16(3,4)8-17/h6-7H,1-5H3,(H2,18,19,20,21). The third-order valence-corrected chi connectivity index (χ3v) is 3.88. The smallest absolute Gasteiger partial charge is 0.232 e. The van der Waals surface area contributed by atoms with Crippen LogP contribution in [0.5, 0.6) is 5.88 Å². The summed E-state index contributed by atoms with van der Waals surface area (Å²) in [6.45, 7) is 7.43. The maximum atomic E-state index is 9.25. The van der Waals surface area contributed by atoms with Gasteiger partial charge in [0.05, 0.1) is 36.1 Å². The molecule has 3 aromatic heterocycles. The zero-order valence-corrected chi connectivity index (χ0v) is 14.3. The highest BCUT2D eigenvalue weighted by Crippen LogP contribution is 2.28. The van der Waals surface area contributed by atoms with Crippen molar-refractivity contribution in [1.82, 2.24) is 24.7 Å². The predicted molar refractivity (Wildman–Crippen MR) is 90.4 cm³/mol. The molecule has 0 unspecified atom stereocenters. The molecule has 0 aliphatic rings. The molecule has 0 saturated heterocycles. The van der Waals surface area contributed by atoms with Crippen molar-refractivity contribution in [1.29, 1.82) is 5.26 Å². The summed E-state index contributed by atoms with van der Waals surface area (Å²) in [7, 11) is 1.58. The number of nitrogens with one attached hydrogen (secondary N) is 2. The van der Waals surface area contributed by atoms with Crippen LogP contribution < -0.4 is 10.1 Å². The minimum atomic E-state index is -0.732. The lowest BCUT2D eigenvalue weighted by Gasteiger charge is -2.15. The SMILES string of the molecule is COc1nc(Nc2cn(C(C)(C)C#N)nc2C)nc2[nH]cc(C)c12. The van der Waals surface area contributed by atoms with Crippen LogP contribution in [0.2, 0.25) is 0 Å². The Balaban J connectivity index is 2.00. The van der Waals surface area contributed by atoms with Gasteiger partial charge in [-0.1, -0.05) is 0 Å². The lowest BCUT2D eigenvalue weighted by atomic mass is 10.1. The zero-order valence-electron chi connectivity index (χ0n) is 14.3. The summed E-state index contributed by atoms with van der Waals surface area (Å²) in [6.07, 6.45) is 3.64. The Kier molecular flexibility index (Phi) is 3.64. The number of methoxy groups -OCH3 is 1. The fourth-order valence-electron chi connectivity index (χ4n) is 2.39. The largest absolute Gasteiger partial charge is 0.480 e. The van der Waals surface area contributed by atoms with Crippen molar-refractivity contribution in [3.63, 3.8) is 0 Å². The number of rotatable bonds is 4. The summed E-state index contributed by atoms with van der Waals surface area (Å²) in [6, 6.07) is 2.22. The lowest BCUT2D eigenvalue weighted by Crippen LogP contribution is -2.24. The van der Waals surface area contributed by atoms with Crippen molar-refractivity contribution < 1.29 is 4.74 Å². The molecule has 0 aromatic carbocycles. The Hall–Kier alpha value is -3.08. The molecule has 0 radical (unpaired) electrons. The van der Waals surface area contributed by atoms with Crippen LogP contribution in [0.3, 0.4) is 0 Å². The van der Waals surface area contributed by atoms with Crippen LogP contribution in [0, 0.1) is 25.2 Å². The van der Waals surface area contributed by atoms with Gasteiger partial charge >= 0.3 is 0 Å². The topological polar surface area (TPSA) is 104 Å². The van der Waals surface area contributed by atoms with E-state index < -0.39 is 5.54 Å². The minimum Gasteiger partial charge on any atom is -0.480 e. The molecule has 0 bridgehead atoms. The van der Waals surface area contributed by atoms with Crippen LogP contribution in [0.1, 0.15) is 25.1 Å². The van der Waals surface area contributed by atoms with Crippen LogP contribution >= 0.6 is 0 Å². The second-order valence-electron chi connectivity index (χ2n) is 6.12. The van der Waals surface area contributed by atoms with Gasteiger partial charge in [0.25, 0.3) is 0 Å². The third-order valence-electron chi connectivity index (χ3n) is 3.88. The van der Waals surface area contributed by atoms with E-state index >= 15 is 0 Å². The van der Waals surface area contributed by atoms with Gasteiger partial charge in [-0.3, -0.25) is 4.68 Å². The van der Waals surface area contributed by atoms with Crippen LogP contribution in [-0.4, -0.2) is 31.8 Å². The molecule has 8 heteroatoms. The molecule has 0 aliphatic heterocycles.